The Morgan fingerprint density at radius 1 is 1.32 bits per heavy atom. The lowest BCUT2D eigenvalue weighted by atomic mass is 10.2. The molecule has 0 fully saturated rings. The van der Waals surface area contributed by atoms with Gasteiger partial charge in [-0.05, 0) is 31.9 Å². The Labute approximate surface area is 116 Å². The van der Waals surface area contributed by atoms with Crippen molar-refractivity contribution in [2.45, 2.75) is 37.6 Å². The highest BCUT2D eigenvalue weighted by atomic mass is 32.2. The van der Waals surface area contributed by atoms with Gasteiger partial charge in [-0.15, -0.1) is 0 Å². The molecule has 0 aliphatic carbocycles. The van der Waals surface area contributed by atoms with Gasteiger partial charge in [0.1, 0.15) is 0 Å². The highest BCUT2D eigenvalue weighted by molar-refractivity contribution is 7.91. The largest absolute Gasteiger partial charge is 0.373 e. The molecule has 5 heteroatoms. The number of benzene rings is 1. The molecular weight excluding hydrogens is 260 g/mol. The van der Waals surface area contributed by atoms with Crippen molar-refractivity contribution >= 4 is 15.5 Å². The van der Waals surface area contributed by atoms with Crippen LogP contribution in [0.4, 0.5) is 5.69 Å². The van der Waals surface area contributed by atoms with Crippen molar-refractivity contribution < 1.29 is 8.42 Å². The van der Waals surface area contributed by atoms with Crippen LogP contribution in [0.15, 0.2) is 29.2 Å². The van der Waals surface area contributed by atoms with Crippen LogP contribution in [0.2, 0.25) is 0 Å². The minimum absolute atomic E-state index is 0.113. The molecule has 4 nitrogen and oxygen atoms in total. The van der Waals surface area contributed by atoms with Crippen LogP contribution < -0.4 is 10.6 Å². The second kappa shape index (κ2) is 6.91. The van der Waals surface area contributed by atoms with Gasteiger partial charge in [0.15, 0.2) is 9.84 Å². The molecule has 108 valence electrons. The van der Waals surface area contributed by atoms with E-state index in [0.717, 1.165) is 18.7 Å². The van der Waals surface area contributed by atoms with E-state index in [9.17, 15) is 8.42 Å². The van der Waals surface area contributed by atoms with E-state index in [1.807, 2.05) is 37.9 Å². The third-order valence-corrected chi connectivity index (χ3v) is 4.97. The summed E-state index contributed by atoms with van der Waals surface area (Å²) in [6, 6.07) is 7.28. The summed E-state index contributed by atoms with van der Waals surface area (Å²) in [5.74, 6) is 0.186. The summed E-state index contributed by atoms with van der Waals surface area (Å²) in [6.07, 6.45) is 1.46. The number of hydrogen-bond donors (Lipinski definition) is 1. The van der Waals surface area contributed by atoms with Gasteiger partial charge < -0.3 is 10.6 Å². The van der Waals surface area contributed by atoms with Crippen molar-refractivity contribution in [3.05, 3.63) is 24.3 Å². The predicted molar refractivity (Wildman–Crippen MR) is 80.3 cm³/mol. The van der Waals surface area contributed by atoms with Crippen molar-refractivity contribution in [3.63, 3.8) is 0 Å². The molecule has 0 aliphatic heterocycles. The molecule has 0 bridgehead atoms. The highest BCUT2D eigenvalue weighted by Gasteiger charge is 2.19. The maximum absolute atomic E-state index is 12.2. The first-order valence-corrected chi connectivity index (χ1v) is 8.32. The third-order valence-electron chi connectivity index (χ3n) is 3.00. The van der Waals surface area contributed by atoms with Crippen molar-refractivity contribution in [2.24, 2.45) is 5.73 Å². The first-order chi connectivity index (χ1) is 8.88. The monoisotopic (exact) mass is 284 g/mol. The van der Waals surface area contributed by atoms with E-state index in [-0.39, 0.29) is 11.8 Å². The lowest BCUT2D eigenvalue weighted by molar-refractivity contribution is 0.594. The SMILES string of the molecule is CCCS(=O)(=O)c1ccccc1N(C)CCC(C)N. The summed E-state index contributed by atoms with van der Waals surface area (Å²) >= 11 is 0. The fourth-order valence-corrected chi connectivity index (χ4v) is 3.52. The first kappa shape index (κ1) is 16.0. The Balaban J connectivity index is 3.02. The van der Waals surface area contributed by atoms with Crippen LogP contribution in [0.5, 0.6) is 0 Å². The molecular formula is C14H24N2O2S. The molecule has 19 heavy (non-hydrogen) atoms. The van der Waals surface area contributed by atoms with Crippen LogP contribution in [0.1, 0.15) is 26.7 Å². The Kier molecular flexibility index (Phi) is 5.82. The Hall–Kier alpha value is -1.07. The van der Waals surface area contributed by atoms with Crippen molar-refractivity contribution in [1.82, 2.24) is 0 Å². The molecule has 0 amide bonds. The zero-order chi connectivity index (χ0) is 14.5. The number of nitrogens with zero attached hydrogens (tertiary/aromatic N) is 1. The average Bonchev–Trinajstić information content (AvgIpc) is 2.36. The zero-order valence-electron chi connectivity index (χ0n) is 12.0. The molecule has 2 N–H and O–H groups in total. The molecule has 1 atom stereocenters. The number of sulfone groups is 1. The van der Waals surface area contributed by atoms with E-state index in [2.05, 4.69) is 0 Å². The molecule has 0 saturated carbocycles. The maximum atomic E-state index is 12.2. The van der Waals surface area contributed by atoms with Gasteiger partial charge in [0.25, 0.3) is 0 Å². The van der Waals surface area contributed by atoms with Crippen LogP contribution in [0.3, 0.4) is 0 Å². The number of nitrogens with two attached hydrogens (primary N) is 1. The molecule has 1 aromatic carbocycles. The molecule has 1 rings (SSSR count). The van der Waals surface area contributed by atoms with Crippen LogP contribution in [-0.4, -0.2) is 33.8 Å². The molecule has 1 unspecified atom stereocenters. The van der Waals surface area contributed by atoms with Crippen molar-refractivity contribution in [1.29, 1.82) is 0 Å². The third kappa shape index (κ3) is 4.51. The van der Waals surface area contributed by atoms with Gasteiger partial charge in [0.2, 0.25) is 0 Å². The van der Waals surface area contributed by atoms with Crippen molar-refractivity contribution in [3.8, 4) is 0 Å². The minimum atomic E-state index is -3.20. The van der Waals surface area contributed by atoms with Crippen LogP contribution in [0, 0.1) is 0 Å². The highest BCUT2D eigenvalue weighted by Crippen LogP contribution is 2.25. The Bertz CT molecular complexity index is 498. The van der Waals surface area contributed by atoms with Gasteiger partial charge in [0.05, 0.1) is 16.3 Å². The van der Waals surface area contributed by atoms with Gasteiger partial charge in [-0.3, -0.25) is 0 Å². The van der Waals surface area contributed by atoms with Crippen molar-refractivity contribution in [2.75, 3.05) is 24.2 Å². The summed E-state index contributed by atoms with van der Waals surface area (Å²) < 4.78 is 24.5. The summed E-state index contributed by atoms with van der Waals surface area (Å²) in [5.41, 5.74) is 6.51. The standard InChI is InChI=1S/C14H24N2O2S/c1-4-11-19(17,18)14-8-6-5-7-13(14)16(3)10-9-12(2)15/h5-8,12H,4,9-11,15H2,1-3H3. The maximum Gasteiger partial charge on any atom is 0.180 e. The molecule has 0 radical (unpaired) electrons. The van der Waals surface area contributed by atoms with Gasteiger partial charge in [-0.2, -0.15) is 0 Å². The van der Waals surface area contributed by atoms with Crippen LogP contribution in [0.25, 0.3) is 0 Å². The number of para-hydroxylation sites is 1. The lowest BCUT2D eigenvalue weighted by Gasteiger charge is -2.23. The number of rotatable bonds is 7. The van der Waals surface area contributed by atoms with Gasteiger partial charge >= 0.3 is 0 Å². The quantitative estimate of drug-likeness (QED) is 0.832. The Morgan fingerprint density at radius 2 is 1.95 bits per heavy atom. The van der Waals surface area contributed by atoms with Crippen LogP contribution >= 0.6 is 0 Å². The Morgan fingerprint density at radius 3 is 2.53 bits per heavy atom. The average molecular weight is 284 g/mol. The van der Waals surface area contributed by atoms with Crippen LogP contribution in [-0.2, 0) is 9.84 Å². The lowest BCUT2D eigenvalue weighted by Crippen LogP contribution is -2.27. The van der Waals surface area contributed by atoms with E-state index in [1.54, 1.807) is 12.1 Å². The van der Waals surface area contributed by atoms with E-state index in [0.29, 0.717) is 11.3 Å². The van der Waals surface area contributed by atoms with E-state index in [4.69, 9.17) is 5.73 Å². The number of hydrogen-bond acceptors (Lipinski definition) is 4. The predicted octanol–water partition coefficient (Wildman–Crippen LogP) is 2.04. The summed E-state index contributed by atoms with van der Waals surface area (Å²) in [7, 11) is -1.29. The van der Waals surface area contributed by atoms with Gasteiger partial charge in [-0.1, -0.05) is 19.1 Å². The summed E-state index contributed by atoms with van der Waals surface area (Å²) in [4.78, 5) is 2.38. The molecule has 0 aliphatic rings. The van der Waals surface area contributed by atoms with E-state index in [1.165, 1.54) is 0 Å². The topological polar surface area (TPSA) is 63.4 Å². The van der Waals surface area contributed by atoms with Gasteiger partial charge in [0, 0.05) is 19.6 Å². The van der Waals surface area contributed by atoms with E-state index >= 15 is 0 Å². The molecule has 0 saturated heterocycles. The first-order valence-electron chi connectivity index (χ1n) is 6.67. The second-order valence-corrected chi connectivity index (χ2v) is 7.05. The molecule has 0 heterocycles. The van der Waals surface area contributed by atoms with E-state index < -0.39 is 9.84 Å². The summed E-state index contributed by atoms with van der Waals surface area (Å²) in [5, 5.41) is 0. The molecule has 0 aromatic heterocycles. The fourth-order valence-electron chi connectivity index (χ4n) is 1.93. The number of anilines is 1. The van der Waals surface area contributed by atoms with Gasteiger partial charge in [-0.25, -0.2) is 8.42 Å². The smallest absolute Gasteiger partial charge is 0.180 e. The molecule has 0 spiro atoms. The molecule has 1 aromatic rings. The minimum Gasteiger partial charge on any atom is -0.373 e. The second-order valence-electron chi connectivity index (χ2n) is 4.97. The normalized spacial score (nSPS) is 13.3. The zero-order valence-corrected chi connectivity index (χ0v) is 12.8. The fraction of sp³-hybridized carbons (Fsp3) is 0.571. The summed E-state index contributed by atoms with van der Waals surface area (Å²) in [6.45, 7) is 4.57.